The summed E-state index contributed by atoms with van der Waals surface area (Å²) in [6.45, 7) is 1.97. The molecule has 14 heavy (non-hydrogen) atoms. The van der Waals surface area contributed by atoms with Crippen LogP contribution in [-0.4, -0.2) is 5.11 Å². The van der Waals surface area contributed by atoms with Crippen LogP contribution in [0.15, 0.2) is 12.1 Å². The second-order valence-electron chi connectivity index (χ2n) is 3.33. The first kappa shape index (κ1) is 10.8. The Balaban J connectivity index is 3.07. The summed E-state index contributed by atoms with van der Waals surface area (Å²) in [5, 5.41) is 9.55. The molecule has 4 heteroatoms. The lowest BCUT2D eigenvalue weighted by Crippen LogP contribution is -2.11. The molecule has 0 aliphatic heterocycles. The van der Waals surface area contributed by atoms with Gasteiger partial charge in [-0.05, 0) is 12.5 Å². The van der Waals surface area contributed by atoms with Gasteiger partial charge in [0.2, 0.25) is 0 Å². The average Bonchev–Trinajstić information content (AvgIpc) is 2.11. The van der Waals surface area contributed by atoms with Crippen LogP contribution < -0.4 is 11.5 Å². The van der Waals surface area contributed by atoms with Crippen LogP contribution in [-0.2, 0) is 0 Å². The van der Waals surface area contributed by atoms with Gasteiger partial charge >= 0.3 is 0 Å². The van der Waals surface area contributed by atoms with Crippen LogP contribution in [0, 0.1) is 5.82 Å². The van der Waals surface area contributed by atoms with Crippen LogP contribution in [0.1, 0.15) is 31.4 Å². The van der Waals surface area contributed by atoms with Crippen molar-refractivity contribution in [3.05, 3.63) is 23.5 Å². The van der Waals surface area contributed by atoms with Gasteiger partial charge in [-0.3, -0.25) is 0 Å². The number of phenols is 1. The Hall–Kier alpha value is -1.29. The minimum absolute atomic E-state index is 0.0338. The minimum atomic E-state index is -0.471. The summed E-state index contributed by atoms with van der Waals surface area (Å²) in [6, 6.07) is 1.95. The number of anilines is 1. The maximum absolute atomic E-state index is 13.0. The topological polar surface area (TPSA) is 72.3 Å². The zero-order valence-electron chi connectivity index (χ0n) is 8.13. The number of rotatable bonds is 3. The molecule has 0 fully saturated rings. The van der Waals surface area contributed by atoms with Gasteiger partial charge in [0.15, 0.2) is 0 Å². The van der Waals surface area contributed by atoms with Crippen LogP contribution in [0.4, 0.5) is 10.1 Å². The summed E-state index contributed by atoms with van der Waals surface area (Å²) >= 11 is 0. The lowest BCUT2D eigenvalue weighted by atomic mass is 10.0. The molecule has 0 bridgehead atoms. The quantitative estimate of drug-likeness (QED) is 0.513. The fraction of sp³-hybridized carbons (Fsp3) is 0.400. The number of phenolic OH excluding ortho intramolecular Hbond substituents is 1. The van der Waals surface area contributed by atoms with Gasteiger partial charge in [-0.2, -0.15) is 0 Å². The Morgan fingerprint density at radius 1 is 1.50 bits per heavy atom. The third-order valence-corrected chi connectivity index (χ3v) is 2.13. The number of aromatic hydroxyl groups is 1. The lowest BCUT2D eigenvalue weighted by molar-refractivity contribution is 0.457. The first-order valence-electron chi connectivity index (χ1n) is 4.59. The number of hydrogen-bond acceptors (Lipinski definition) is 3. The van der Waals surface area contributed by atoms with Gasteiger partial charge in [-0.1, -0.05) is 13.3 Å². The maximum Gasteiger partial charge on any atom is 0.143 e. The minimum Gasteiger partial charge on any atom is -0.505 e. The molecular weight excluding hydrogens is 183 g/mol. The van der Waals surface area contributed by atoms with Crippen molar-refractivity contribution in [1.82, 2.24) is 0 Å². The van der Waals surface area contributed by atoms with Crippen molar-refractivity contribution >= 4 is 5.69 Å². The zero-order valence-corrected chi connectivity index (χ0v) is 8.13. The van der Waals surface area contributed by atoms with Crippen molar-refractivity contribution in [2.45, 2.75) is 25.8 Å². The van der Waals surface area contributed by atoms with E-state index in [0.29, 0.717) is 12.0 Å². The number of nitrogen functional groups attached to an aromatic ring is 1. The summed E-state index contributed by atoms with van der Waals surface area (Å²) in [5.41, 5.74) is 11.6. The van der Waals surface area contributed by atoms with Gasteiger partial charge in [-0.25, -0.2) is 4.39 Å². The molecule has 0 aromatic heterocycles. The van der Waals surface area contributed by atoms with Crippen molar-refractivity contribution in [2.75, 3.05) is 5.73 Å². The van der Waals surface area contributed by atoms with Crippen molar-refractivity contribution in [3.8, 4) is 5.75 Å². The number of nitrogens with two attached hydrogens (primary N) is 2. The second kappa shape index (κ2) is 4.28. The lowest BCUT2D eigenvalue weighted by Gasteiger charge is -2.13. The first-order valence-corrected chi connectivity index (χ1v) is 4.59. The van der Waals surface area contributed by atoms with Gasteiger partial charge in [0.05, 0.1) is 5.69 Å². The molecule has 0 heterocycles. The van der Waals surface area contributed by atoms with Gasteiger partial charge in [0.25, 0.3) is 0 Å². The molecule has 0 unspecified atom stereocenters. The summed E-state index contributed by atoms with van der Waals surface area (Å²) in [4.78, 5) is 0. The first-order chi connectivity index (χ1) is 6.56. The van der Waals surface area contributed by atoms with Crippen molar-refractivity contribution < 1.29 is 9.50 Å². The summed E-state index contributed by atoms with van der Waals surface area (Å²) in [5.74, 6) is -0.575. The summed E-state index contributed by atoms with van der Waals surface area (Å²) in [7, 11) is 0. The van der Waals surface area contributed by atoms with Crippen LogP contribution in [0.5, 0.6) is 5.75 Å². The molecule has 78 valence electrons. The predicted molar refractivity (Wildman–Crippen MR) is 54.3 cm³/mol. The Kier molecular flexibility index (Phi) is 3.30. The van der Waals surface area contributed by atoms with Crippen molar-refractivity contribution in [3.63, 3.8) is 0 Å². The van der Waals surface area contributed by atoms with Crippen LogP contribution in [0.2, 0.25) is 0 Å². The highest BCUT2D eigenvalue weighted by Crippen LogP contribution is 2.31. The van der Waals surface area contributed by atoms with Crippen LogP contribution >= 0.6 is 0 Å². The van der Waals surface area contributed by atoms with E-state index < -0.39 is 5.82 Å². The summed E-state index contributed by atoms with van der Waals surface area (Å²) in [6.07, 6.45) is 1.56. The molecule has 0 amide bonds. The largest absolute Gasteiger partial charge is 0.505 e. The fourth-order valence-electron chi connectivity index (χ4n) is 1.39. The molecule has 0 spiro atoms. The Morgan fingerprint density at radius 3 is 2.71 bits per heavy atom. The van der Waals surface area contributed by atoms with Crippen molar-refractivity contribution in [1.29, 1.82) is 0 Å². The molecule has 1 atom stereocenters. The molecule has 1 aromatic rings. The molecule has 1 rings (SSSR count). The SMILES string of the molecule is CCC[C@H](N)c1cc(F)cc(N)c1O. The second-order valence-corrected chi connectivity index (χ2v) is 3.33. The summed E-state index contributed by atoms with van der Waals surface area (Å²) < 4.78 is 13.0. The van der Waals surface area contributed by atoms with Gasteiger partial charge in [0, 0.05) is 17.7 Å². The fourth-order valence-corrected chi connectivity index (χ4v) is 1.39. The monoisotopic (exact) mass is 198 g/mol. The van der Waals surface area contributed by atoms with E-state index in [2.05, 4.69) is 0 Å². The molecule has 1 aromatic carbocycles. The van der Waals surface area contributed by atoms with Crippen molar-refractivity contribution in [2.24, 2.45) is 5.73 Å². The number of benzene rings is 1. The van der Waals surface area contributed by atoms with Gasteiger partial charge in [-0.15, -0.1) is 0 Å². The Morgan fingerprint density at radius 2 is 2.14 bits per heavy atom. The molecule has 0 aliphatic carbocycles. The maximum atomic E-state index is 13.0. The standard InChI is InChI=1S/C10H15FN2O/c1-2-3-8(12)7-4-6(11)5-9(13)10(7)14/h4-5,8,14H,2-3,12-13H2,1H3/t8-/m0/s1. The van der Waals surface area contributed by atoms with E-state index in [9.17, 15) is 9.50 Å². The van der Waals surface area contributed by atoms with E-state index in [1.807, 2.05) is 6.92 Å². The molecule has 0 saturated heterocycles. The molecule has 3 nitrogen and oxygen atoms in total. The van der Waals surface area contributed by atoms with E-state index in [-0.39, 0.29) is 17.5 Å². The predicted octanol–water partition coefficient (Wildman–Crippen LogP) is 1.91. The zero-order chi connectivity index (χ0) is 10.7. The molecule has 0 aliphatic rings. The van der Waals surface area contributed by atoms with E-state index in [4.69, 9.17) is 11.5 Å². The normalized spacial score (nSPS) is 12.8. The molecule has 5 N–H and O–H groups in total. The molecule has 0 saturated carbocycles. The van der Waals surface area contributed by atoms with Crippen LogP contribution in [0.3, 0.4) is 0 Å². The third kappa shape index (κ3) is 2.14. The van der Waals surface area contributed by atoms with E-state index in [0.717, 1.165) is 12.5 Å². The number of halogens is 1. The highest BCUT2D eigenvalue weighted by molar-refractivity contribution is 5.56. The number of hydrogen-bond donors (Lipinski definition) is 3. The third-order valence-electron chi connectivity index (χ3n) is 2.13. The smallest absolute Gasteiger partial charge is 0.143 e. The van der Waals surface area contributed by atoms with Gasteiger partial charge < -0.3 is 16.6 Å². The Labute approximate surface area is 82.5 Å². The average molecular weight is 198 g/mol. The molecular formula is C10H15FN2O. The van der Waals surface area contributed by atoms with Gasteiger partial charge in [0.1, 0.15) is 11.6 Å². The highest BCUT2D eigenvalue weighted by atomic mass is 19.1. The highest BCUT2D eigenvalue weighted by Gasteiger charge is 2.13. The van der Waals surface area contributed by atoms with Crippen LogP contribution in [0.25, 0.3) is 0 Å². The molecule has 0 radical (unpaired) electrons. The Bertz CT molecular complexity index is 328. The van der Waals surface area contributed by atoms with E-state index >= 15 is 0 Å². The van der Waals surface area contributed by atoms with E-state index in [1.54, 1.807) is 0 Å². The van der Waals surface area contributed by atoms with E-state index in [1.165, 1.54) is 6.07 Å².